The van der Waals surface area contributed by atoms with E-state index in [9.17, 15) is 9.59 Å². The number of carbonyl (C=O) groups excluding carboxylic acids is 2. The molecule has 3 rings (SSSR count). The number of para-hydroxylation sites is 1. The van der Waals surface area contributed by atoms with E-state index in [4.69, 9.17) is 4.74 Å². The molecule has 3 amide bonds. The summed E-state index contributed by atoms with van der Waals surface area (Å²) in [6.45, 7) is 2.85. The summed E-state index contributed by atoms with van der Waals surface area (Å²) in [6.07, 6.45) is 3.59. The van der Waals surface area contributed by atoms with Gasteiger partial charge in [0.15, 0.2) is 0 Å². The molecular weight excluding hydrogens is 320 g/mol. The average Bonchev–Trinajstić information content (AvgIpc) is 3.09. The molecule has 0 bridgehead atoms. The van der Waals surface area contributed by atoms with Gasteiger partial charge in [-0.3, -0.25) is 9.69 Å². The smallest absolute Gasteiger partial charge is 0.315 e. The van der Waals surface area contributed by atoms with E-state index in [0.717, 1.165) is 24.4 Å². The molecule has 2 heterocycles. The summed E-state index contributed by atoms with van der Waals surface area (Å²) in [4.78, 5) is 26.0. The second-order valence-corrected chi connectivity index (χ2v) is 6.51. The van der Waals surface area contributed by atoms with Crippen LogP contribution in [0.1, 0.15) is 30.9 Å². The Morgan fingerprint density at radius 1 is 1.32 bits per heavy atom. The first-order valence-corrected chi connectivity index (χ1v) is 8.88. The molecule has 0 unspecified atom stereocenters. The monoisotopic (exact) mass is 346 g/mol. The standard InChI is InChI=1S/C18H26N4O3/c1-25-16-8-4-3-7-13(16)15(22-9-5-2-6-10-22)12-19-17(23)14-11-20-18(24)21-14/h3-4,7-8,14-15H,2,5-6,9-12H2,1H3,(H,19,23)(H2,20,21,24)/t14-,15-/m1/s1. The molecule has 3 N–H and O–H groups in total. The summed E-state index contributed by atoms with van der Waals surface area (Å²) in [5, 5.41) is 8.23. The molecule has 7 heteroatoms. The van der Waals surface area contributed by atoms with Crippen LogP contribution in [-0.2, 0) is 4.79 Å². The zero-order valence-electron chi connectivity index (χ0n) is 14.6. The lowest BCUT2D eigenvalue weighted by Gasteiger charge is -2.35. The highest BCUT2D eigenvalue weighted by atomic mass is 16.5. The Hall–Kier alpha value is -2.28. The van der Waals surface area contributed by atoms with Gasteiger partial charge >= 0.3 is 6.03 Å². The van der Waals surface area contributed by atoms with Crippen molar-refractivity contribution in [1.82, 2.24) is 20.9 Å². The number of urea groups is 1. The highest BCUT2D eigenvalue weighted by molar-refractivity contribution is 5.90. The van der Waals surface area contributed by atoms with Gasteiger partial charge in [0.25, 0.3) is 0 Å². The number of nitrogens with one attached hydrogen (secondary N) is 3. The van der Waals surface area contributed by atoms with Crippen molar-refractivity contribution in [3.8, 4) is 5.75 Å². The van der Waals surface area contributed by atoms with Crippen molar-refractivity contribution >= 4 is 11.9 Å². The van der Waals surface area contributed by atoms with Gasteiger partial charge in [-0.25, -0.2) is 4.79 Å². The van der Waals surface area contributed by atoms with Gasteiger partial charge in [0.05, 0.1) is 13.2 Å². The van der Waals surface area contributed by atoms with Gasteiger partial charge in [-0.2, -0.15) is 0 Å². The minimum Gasteiger partial charge on any atom is -0.496 e. The molecule has 2 aliphatic heterocycles. The number of benzene rings is 1. The predicted octanol–water partition coefficient (Wildman–Crippen LogP) is 1.02. The number of nitrogens with zero attached hydrogens (tertiary/aromatic N) is 1. The highest BCUT2D eigenvalue weighted by Crippen LogP contribution is 2.30. The molecule has 0 aliphatic carbocycles. The number of hydrogen-bond donors (Lipinski definition) is 3. The van der Waals surface area contributed by atoms with E-state index in [-0.39, 0.29) is 18.0 Å². The number of piperidine rings is 1. The molecular formula is C18H26N4O3. The highest BCUT2D eigenvalue weighted by Gasteiger charge is 2.29. The first-order valence-electron chi connectivity index (χ1n) is 8.88. The first kappa shape index (κ1) is 17.5. The van der Waals surface area contributed by atoms with E-state index >= 15 is 0 Å². The van der Waals surface area contributed by atoms with Crippen molar-refractivity contribution < 1.29 is 14.3 Å². The molecule has 0 aromatic heterocycles. The van der Waals surface area contributed by atoms with E-state index < -0.39 is 6.04 Å². The number of rotatable bonds is 6. The maximum absolute atomic E-state index is 12.3. The van der Waals surface area contributed by atoms with E-state index in [1.54, 1.807) is 7.11 Å². The van der Waals surface area contributed by atoms with Gasteiger partial charge in [0.2, 0.25) is 5.91 Å². The SMILES string of the molecule is COc1ccccc1[C@@H](CNC(=O)[C@H]1CNC(=O)N1)N1CCCCC1. The van der Waals surface area contributed by atoms with E-state index in [0.29, 0.717) is 13.1 Å². The van der Waals surface area contributed by atoms with Crippen LogP contribution < -0.4 is 20.7 Å². The molecule has 0 radical (unpaired) electrons. The molecule has 1 aromatic rings. The maximum atomic E-state index is 12.3. The van der Waals surface area contributed by atoms with Crippen LogP contribution in [-0.4, -0.2) is 56.2 Å². The molecule has 2 aliphatic rings. The predicted molar refractivity (Wildman–Crippen MR) is 94.5 cm³/mol. The second-order valence-electron chi connectivity index (χ2n) is 6.51. The summed E-state index contributed by atoms with van der Waals surface area (Å²) in [7, 11) is 1.67. The van der Waals surface area contributed by atoms with Crippen LogP contribution in [0.2, 0.25) is 0 Å². The molecule has 136 valence electrons. The molecule has 7 nitrogen and oxygen atoms in total. The number of ether oxygens (including phenoxy) is 1. The van der Waals surface area contributed by atoms with Crippen LogP contribution >= 0.6 is 0 Å². The fourth-order valence-electron chi connectivity index (χ4n) is 3.54. The van der Waals surface area contributed by atoms with Gasteiger partial charge < -0.3 is 20.7 Å². The maximum Gasteiger partial charge on any atom is 0.315 e. The first-order chi connectivity index (χ1) is 12.2. The van der Waals surface area contributed by atoms with Crippen molar-refractivity contribution in [2.24, 2.45) is 0 Å². The summed E-state index contributed by atoms with van der Waals surface area (Å²) in [6, 6.07) is 7.22. The van der Waals surface area contributed by atoms with Gasteiger partial charge in [0.1, 0.15) is 11.8 Å². The minimum atomic E-state index is -0.507. The Bertz CT molecular complexity index is 616. The number of methoxy groups -OCH3 is 1. The molecule has 2 atom stereocenters. The van der Waals surface area contributed by atoms with Crippen molar-refractivity contribution in [1.29, 1.82) is 0 Å². The van der Waals surface area contributed by atoms with Gasteiger partial charge in [-0.05, 0) is 32.0 Å². The lowest BCUT2D eigenvalue weighted by Crippen LogP contribution is -2.47. The Balaban J connectivity index is 1.72. The molecule has 2 fully saturated rings. The summed E-state index contributed by atoms with van der Waals surface area (Å²) < 4.78 is 5.53. The third-order valence-corrected chi connectivity index (χ3v) is 4.89. The van der Waals surface area contributed by atoms with Crippen molar-refractivity contribution in [2.75, 3.05) is 33.3 Å². The summed E-state index contributed by atoms with van der Waals surface area (Å²) >= 11 is 0. The third-order valence-electron chi connectivity index (χ3n) is 4.89. The Kier molecular flexibility index (Phi) is 5.75. The number of amides is 3. The van der Waals surface area contributed by atoms with Gasteiger partial charge in [-0.15, -0.1) is 0 Å². The lowest BCUT2D eigenvalue weighted by molar-refractivity contribution is -0.122. The Labute approximate surface area is 148 Å². The van der Waals surface area contributed by atoms with E-state index in [1.165, 1.54) is 19.3 Å². The number of likely N-dealkylation sites (tertiary alicyclic amines) is 1. The molecule has 1 aromatic carbocycles. The zero-order valence-corrected chi connectivity index (χ0v) is 14.6. The minimum absolute atomic E-state index is 0.0606. The summed E-state index contributed by atoms with van der Waals surface area (Å²) in [5.74, 6) is 0.679. The Morgan fingerprint density at radius 2 is 2.08 bits per heavy atom. The number of carbonyl (C=O) groups is 2. The molecule has 0 saturated carbocycles. The molecule has 2 saturated heterocycles. The van der Waals surface area contributed by atoms with Crippen LogP contribution in [0.5, 0.6) is 5.75 Å². The van der Waals surface area contributed by atoms with Gasteiger partial charge in [-0.1, -0.05) is 24.6 Å². The fourth-order valence-corrected chi connectivity index (χ4v) is 3.54. The van der Waals surface area contributed by atoms with Crippen LogP contribution in [0.15, 0.2) is 24.3 Å². The Morgan fingerprint density at radius 3 is 2.76 bits per heavy atom. The normalized spacial score (nSPS) is 22.0. The van der Waals surface area contributed by atoms with Crippen LogP contribution in [0.4, 0.5) is 4.79 Å². The van der Waals surface area contributed by atoms with Crippen molar-refractivity contribution in [2.45, 2.75) is 31.3 Å². The summed E-state index contributed by atoms with van der Waals surface area (Å²) in [5.41, 5.74) is 1.08. The van der Waals surface area contributed by atoms with Gasteiger partial charge in [0, 0.05) is 18.7 Å². The largest absolute Gasteiger partial charge is 0.496 e. The van der Waals surface area contributed by atoms with Crippen LogP contribution in [0.25, 0.3) is 0 Å². The van der Waals surface area contributed by atoms with E-state index in [1.807, 2.05) is 18.2 Å². The molecule has 0 spiro atoms. The lowest BCUT2D eigenvalue weighted by atomic mass is 10.0. The quantitative estimate of drug-likeness (QED) is 0.718. The molecule has 25 heavy (non-hydrogen) atoms. The topological polar surface area (TPSA) is 82.7 Å². The zero-order chi connectivity index (χ0) is 17.6. The third kappa shape index (κ3) is 4.22. The van der Waals surface area contributed by atoms with Crippen LogP contribution in [0, 0.1) is 0 Å². The number of hydrogen-bond acceptors (Lipinski definition) is 4. The fraction of sp³-hybridized carbons (Fsp3) is 0.556. The van der Waals surface area contributed by atoms with Crippen molar-refractivity contribution in [3.63, 3.8) is 0 Å². The van der Waals surface area contributed by atoms with Crippen LogP contribution in [0.3, 0.4) is 0 Å². The van der Waals surface area contributed by atoms with E-state index in [2.05, 4.69) is 26.9 Å². The second kappa shape index (κ2) is 8.20. The van der Waals surface area contributed by atoms with Crippen molar-refractivity contribution in [3.05, 3.63) is 29.8 Å². The average molecular weight is 346 g/mol.